The summed E-state index contributed by atoms with van der Waals surface area (Å²) in [5.74, 6) is 1.17. The van der Waals surface area contributed by atoms with E-state index in [1.807, 2.05) is 41.8 Å². The van der Waals surface area contributed by atoms with Gasteiger partial charge in [0.05, 0.1) is 12.8 Å². The van der Waals surface area contributed by atoms with E-state index in [0.717, 1.165) is 33.5 Å². The van der Waals surface area contributed by atoms with Crippen molar-refractivity contribution in [1.29, 1.82) is 0 Å². The number of carbonyl (C=O) groups excluding carboxylic acids is 1. The largest absolute Gasteiger partial charge is 0.496 e. The zero-order valence-corrected chi connectivity index (χ0v) is 16.7. The van der Waals surface area contributed by atoms with Crippen molar-refractivity contribution in [3.05, 3.63) is 53.4 Å². The lowest BCUT2D eigenvalue weighted by Gasteiger charge is -2.12. The summed E-state index contributed by atoms with van der Waals surface area (Å²) >= 11 is 1.54. The molecule has 3 aromatic rings. The third-order valence-corrected chi connectivity index (χ3v) is 4.84. The molecule has 0 saturated heterocycles. The van der Waals surface area contributed by atoms with Crippen LogP contribution in [0.3, 0.4) is 0 Å². The van der Waals surface area contributed by atoms with Gasteiger partial charge in [-0.15, -0.1) is 11.3 Å². The van der Waals surface area contributed by atoms with Crippen molar-refractivity contribution in [3.63, 3.8) is 0 Å². The van der Waals surface area contributed by atoms with Gasteiger partial charge in [0.15, 0.2) is 5.13 Å². The molecule has 1 heterocycles. The molecule has 0 aliphatic rings. The summed E-state index contributed by atoms with van der Waals surface area (Å²) in [7, 11) is 1.70. The molecule has 0 saturated carbocycles. The maximum Gasteiger partial charge on any atom is 0.221 e. The fraction of sp³-hybridized carbons (Fsp3) is 0.238. The van der Waals surface area contributed by atoms with Crippen LogP contribution in [-0.2, 0) is 4.79 Å². The number of rotatable bonds is 6. The minimum Gasteiger partial charge on any atom is -0.496 e. The minimum absolute atomic E-state index is 0.0934. The molecule has 0 radical (unpaired) electrons. The number of nitrogens with zero attached hydrogens (tertiary/aromatic N) is 1. The van der Waals surface area contributed by atoms with E-state index < -0.39 is 0 Å². The van der Waals surface area contributed by atoms with E-state index in [4.69, 9.17) is 9.72 Å². The Hall–Kier alpha value is -2.86. The molecule has 0 aliphatic heterocycles. The van der Waals surface area contributed by atoms with E-state index in [2.05, 4.69) is 30.5 Å². The van der Waals surface area contributed by atoms with Gasteiger partial charge >= 0.3 is 0 Å². The van der Waals surface area contributed by atoms with Gasteiger partial charge in [0.2, 0.25) is 5.91 Å². The smallest absolute Gasteiger partial charge is 0.221 e. The van der Waals surface area contributed by atoms with Gasteiger partial charge in [-0.05, 0) is 47.9 Å². The van der Waals surface area contributed by atoms with Crippen molar-refractivity contribution >= 4 is 33.8 Å². The molecular weight excluding hydrogens is 358 g/mol. The van der Waals surface area contributed by atoms with Crippen LogP contribution in [0, 0.1) is 0 Å². The SMILES string of the molecule is COc1ccc(-c2csc(Nc3cccc(NC(C)=O)c3)n2)cc1C(C)C. The first-order chi connectivity index (χ1) is 13.0. The van der Waals surface area contributed by atoms with Gasteiger partial charge in [0.1, 0.15) is 5.75 Å². The number of methoxy groups -OCH3 is 1. The number of thiazole rings is 1. The predicted molar refractivity (Wildman–Crippen MR) is 112 cm³/mol. The number of benzene rings is 2. The Morgan fingerprint density at radius 3 is 2.63 bits per heavy atom. The van der Waals surface area contributed by atoms with Gasteiger partial charge in [-0.2, -0.15) is 0 Å². The van der Waals surface area contributed by atoms with E-state index in [0.29, 0.717) is 5.92 Å². The van der Waals surface area contributed by atoms with E-state index in [9.17, 15) is 4.79 Å². The average Bonchev–Trinajstić information content (AvgIpc) is 3.09. The summed E-state index contributed by atoms with van der Waals surface area (Å²) in [6.07, 6.45) is 0. The fourth-order valence-electron chi connectivity index (χ4n) is 2.81. The Bertz CT molecular complexity index is 950. The highest BCUT2D eigenvalue weighted by Gasteiger charge is 2.11. The van der Waals surface area contributed by atoms with E-state index in [1.54, 1.807) is 18.4 Å². The molecule has 3 rings (SSSR count). The lowest BCUT2D eigenvalue weighted by Crippen LogP contribution is -2.05. The van der Waals surface area contributed by atoms with Crippen LogP contribution in [0.5, 0.6) is 5.75 Å². The summed E-state index contributed by atoms with van der Waals surface area (Å²) < 4.78 is 5.46. The van der Waals surface area contributed by atoms with E-state index in [1.165, 1.54) is 12.5 Å². The second kappa shape index (κ2) is 8.22. The Kier molecular flexibility index (Phi) is 5.76. The highest BCUT2D eigenvalue weighted by atomic mass is 32.1. The molecule has 0 atom stereocenters. The second-order valence-corrected chi connectivity index (χ2v) is 7.39. The second-order valence-electron chi connectivity index (χ2n) is 6.54. The van der Waals surface area contributed by atoms with Crippen LogP contribution in [0.25, 0.3) is 11.3 Å². The van der Waals surface area contributed by atoms with Crippen LogP contribution >= 0.6 is 11.3 Å². The molecule has 0 aliphatic carbocycles. The maximum absolute atomic E-state index is 11.2. The van der Waals surface area contributed by atoms with Crippen LogP contribution < -0.4 is 15.4 Å². The number of hydrogen-bond acceptors (Lipinski definition) is 5. The van der Waals surface area contributed by atoms with E-state index >= 15 is 0 Å². The summed E-state index contributed by atoms with van der Waals surface area (Å²) in [6.45, 7) is 5.79. The zero-order valence-electron chi connectivity index (χ0n) is 15.9. The van der Waals surface area contributed by atoms with Crippen molar-refractivity contribution in [2.75, 3.05) is 17.7 Å². The molecular formula is C21H23N3O2S. The number of nitrogens with one attached hydrogen (secondary N) is 2. The molecule has 0 spiro atoms. The van der Waals surface area contributed by atoms with Crippen molar-refractivity contribution in [1.82, 2.24) is 4.98 Å². The summed E-state index contributed by atoms with van der Waals surface area (Å²) in [5.41, 5.74) is 4.78. The highest BCUT2D eigenvalue weighted by molar-refractivity contribution is 7.14. The fourth-order valence-corrected chi connectivity index (χ4v) is 3.55. The standard InChI is InChI=1S/C21H23N3O2S/c1-13(2)18-10-15(8-9-20(18)26-4)19-12-27-21(24-19)23-17-7-5-6-16(11-17)22-14(3)25/h5-13H,1-4H3,(H,22,25)(H,23,24). The van der Waals surface area contributed by atoms with Gasteiger partial charge in [0, 0.05) is 29.2 Å². The Balaban J connectivity index is 1.81. The van der Waals surface area contributed by atoms with Gasteiger partial charge < -0.3 is 15.4 Å². The van der Waals surface area contributed by atoms with Gasteiger partial charge in [-0.3, -0.25) is 4.79 Å². The van der Waals surface area contributed by atoms with Crippen LogP contribution in [0.1, 0.15) is 32.3 Å². The van der Waals surface area contributed by atoms with Crippen molar-refractivity contribution in [2.45, 2.75) is 26.7 Å². The topological polar surface area (TPSA) is 63.2 Å². The molecule has 1 amide bonds. The first-order valence-electron chi connectivity index (χ1n) is 8.74. The summed E-state index contributed by atoms with van der Waals surface area (Å²) in [5, 5.41) is 8.91. The van der Waals surface area contributed by atoms with Crippen molar-refractivity contribution in [3.8, 4) is 17.0 Å². The average molecular weight is 382 g/mol. The predicted octanol–water partition coefficient (Wildman–Crippen LogP) is 5.64. The number of amides is 1. The van der Waals surface area contributed by atoms with Gasteiger partial charge in [-0.1, -0.05) is 19.9 Å². The van der Waals surface area contributed by atoms with Crippen molar-refractivity contribution in [2.24, 2.45) is 0 Å². The number of hydrogen-bond donors (Lipinski definition) is 2. The Morgan fingerprint density at radius 2 is 1.93 bits per heavy atom. The Morgan fingerprint density at radius 1 is 1.15 bits per heavy atom. The normalized spacial score (nSPS) is 10.7. The first kappa shape index (κ1) is 18.9. The number of carbonyl (C=O) groups is 1. The van der Waals surface area contributed by atoms with Gasteiger partial charge in [-0.25, -0.2) is 4.98 Å². The zero-order chi connectivity index (χ0) is 19.4. The van der Waals surface area contributed by atoms with Gasteiger partial charge in [0.25, 0.3) is 0 Å². The number of ether oxygens (including phenoxy) is 1. The maximum atomic E-state index is 11.2. The minimum atomic E-state index is -0.0934. The van der Waals surface area contributed by atoms with Crippen LogP contribution in [0.4, 0.5) is 16.5 Å². The molecule has 2 aromatic carbocycles. The summed E-state index contributed by atoms with van der Waals surface area (Å²) in [4.78, 5) is 15.9. The quantitative estimate of drug-likeness (QED) is 0.580. The van der Waals surface area contributed by atoms with E-state index in [-0.39, 0.29) is 5.91 Å². The van der Waals surface area contributed by atoms with Crippen molar-refractivity contribution < 1.29 is 9.53 Å². The van der Waals surface area contributed by atoms with Crippen LogP contribution in [0.2, 0.25) is 0 Å². The highest BCUT2D eigenvalue weighted by Crippen LogP contribution is 2.33. The molecule has 2 N–H and O–H groups in total. The lowest BCUT2D eigenvalue weighted by atomic mass is 9.99. The third kappa shape index (κ3) is 4.65. The number of aromatic nitrogens is 1. The van der Waals surface area contributed by atoms with Crippen LogP contribution in [0.15, 0.2) is 47.8 Å². The molecule has 0 fully saturated rings. The Labute approximate surface area is 163 Å². The summed E-state index contributed by atoms with van der Waals surface area (Å²) in [6, 6.07) is 13.7. The lowest BCUT2D eigenvalue weighted by molar-refractivity contribution is -0.114. The number of anilines is 3. The molecule has 1 aromatic heterocycles. The monoisotopic (exact) mass is 381 g/mol. The molecule has 140 valence electrons. The third-order valence-electron chi connectivity index (χ3n) is 4.09. The molecule has 6 heteroatoms. The molecule has 0 bridgehead atoms. The molecule has 0 unspecified atom stereocenters. The molecule has 5 nitrogen and oxygen atoms in total. The molecule has 27 heavy (non-hydrogen) atoms. The van der Waals surface area contributed by atoms with Crippen LogP contribution in [-0.4, -0.2) is 18.0 Å². The first-order valence-corrected chi connectivity index (χ1v) is 9.62.